The Kier molecular flexibility index (Phi) is 4.17. The molecule has 0 saturated carbocycles. The predicted molar refractivity (Wildman–Crippen MR) is 37.2 cm³/mol. The largest absolute Gasteiger partial charge is 0.616 e. The summed E-state index contributed by atoms with van der Waals surface area (Å²) in [6.45, 7) is 0. The minimum absolute atomic E-state index is 0.0248. The summed E-state index contributed by atoms with van der Waals surface area (Å²) in [5, 5.41) is 2.26. The van der Waals surface area contributed by atoms with Gasteiger partial charge in [0.15, 0.2) is 0 Å². The van der Waals surface area contributed by atoms with Gasteiger partial charge < -0.3 is 5.32 Å². The molecule has 0 unspecified atom stereocenters. The molecule has 1 N–H and O–H groups in total. The zero-order valence-corrected chi connectivity index (χ0v) is 7.16. The molecule has 0 spiro atoms. The van der Waals surface area contributed by atoms with Crippen molar-refractivity contribution in [3.8, 4) is 0 Å². The molecule has 0 aromatic carbocycles. The molecule has 0 aliphatic carbocycles. The van der Waals surface area contributed by atoms with Gasteiger partial charge in [0.25, 0.3) is 0 Å². The van der Waals surface area contributed by atoms with Gasteiger partial charge in [-0.05, 0) is 6.42 Å². The van der Waals surface area contributed by atoms with Crippen molar-refractivity contribution in [2.45, 2.75) is 18.9 Å². The molecule has 0 fully saturated rings. The molecule has 0 bridgehead atoms. The summed E-state index contributed by atoms with van der Waals surface area (Å²) in [4.78, 5) is 10.4. The molecule has 0 aromatic heterocycles. The van der Waals surface area contributed by atoms with Gasteiger partial charge in [0.1, 0.15) is 0 Å². The molecule has 0 aromatic rings. The third-order valence-electron chi connectivity index (χ3n) is 1.14. The van der Waals surface area contributed by atoms with Crippen molar-refractivity contribution < 1.29 is 17.1 Å². The first-order valence-corrected chi connectivity index (χ1v) is 5.07. The number of rotatable bonds is 4. The SMILES string of the molecule is CNC(=O)CCC[Si](F)(F)F. The Morgan fingerprint density at radius 1 is 1.45 bits per heavy atom. The second kappa shape index (κ2) is 4.37. The molecule has 66 valence electrons. The van der Waals surface area contributed by atoms with E-state index in [1.807, 2.05) is 0 Å². The standard InChI is InChI=1S/C5H10F3NOSi/c1-9-5(10)3-2-4-11(6,7)8/h2-4H2,1H3,(H,9,10). The molecular weight excluding hydrogens is 175 g/mol. The first kappa shape index (κ1) is 10.5. The fourth-order valence-electron chi connectivity index (χ4n) is 0.574. The van der Waals surface area contributed by atoms with Gasteiger partial charge >= 0.3 is 9.08 Å². The minimum Gasteiger partial charge on any atom is -0.359 e. The Hall–Kier alpha value is -0.523. The highest BCUT2D eigenvalue weighted by atomic mass is 28.5. The van der Waals surface area contributed by atoms with Crippen molar-refractivity contribution in [1.29, 1.82) is 0 Å². The van der Waals surface area contributed by atoms with Gasteiger partial charge in [-0.25, -0.2) is 12.3 Å². The summed E-state index contributed by atoms with van der Waals surface area (Å²) < 4.78 is 34.9. The molecule has 0 aliphatic heterocycles. The molecule has 0 aliphatic rings. The molecule has 1 amide bonds. The quantitative estimate of drug-likeness (QED) is 0.520. The molecule has 0 atom stereocenters. The van der Waals surface area contributed by atoms with E-state index in [1.165, 1.54) is 7.05 Å². The van der Waals surface area contributed by atoms with E-state index in [4.69, 9.17) is 0 Å². The average Bonchev–Trinajstić information content (AvgIpc) is 1.85. The Bertz CT molecular complexity index is 136. The third-order valence-corrected chi connectivity index (χ3v) is 2.06. The van der Waals surface area contributed by atoms with E-state index in [1.54, 1.807) is 0 Å². The average molecular weight is 185 g/mol. The summed E-state index contributed by atoms with van der Waals surface area (Å²) >= 11 is 0. The lowest BCUT2D eigenvalue weighted by molar-refractivity contribution is -0.120. The fraction of sp³-hybridized carbons (Fsp3) is 0.800. The Morgan fingerprint density at radius 3 is 2.36 bits per heavy atom. The summed E-state index contributed by atoms with van der Waals surface area (Å²) in [7, 11) is -4.01. The van der Waals surface area contributed by atoms with Crippen LogP contribution in [0.25, 0.3) is 0 Å². The van der Waals surface area contributed by atoms with E-state index in [0.717, 1.165) is 0 Å². The van der Waals surface area contributed by atoms with Gasteiger partial charge in [-0.3, -0.25) is 4.79 Å². The maximum Gasteiger partial charge on any atom is 0.616 e. The number of hydrogen-bond acceptors (Lipinski definition) is 1. The van der Waals surface area contributed by atoms with Crippen molar-refractivity contribution in [2.75, 3.05) is 7.05 Å². The molecule has 0 radical (unpaired) electrons. The first-order chi connectivity index (χ1) is 4.95. The van der Waals surface area contributed by atoms with Crippen molar-refractivity contribution in [3.63, 3.8) is 0 Å². The number of carbonyl (C=O) groups is 1. The minimum atomic E-state index is -5.42. The van der Waals surface area contributed by atoms with Crippen LogP contribution in [-0.2, 0) is 4.79 Å². The monoisotopic (exact) mass is 185 g/mol. The number of carbonyl (C=O) groups excluding carboxylic acids is 1. The normalized spacial score (nSPS) is 11.3. The lowest BCUT2D eigenvalue weighted by Crippen LogP contribution is -2.19. The van der Waals surface area contributed by atoms with E-state index in [2.05, 4.69) is 5.32 Å². The van der Waals surface area contributed by atoms with Crippen LogP contribution in [0.2, 0.25) is 6.04 Å². The van der Waals surface area contributed by atoms with Gasteiger partial charge in [-0.2, -0.15) is 0 Å². The van der Waals surface area contributed by atoms with Crippen LogP contribution in [0.3, 0.4) is 0 Å². The smallest absolute Gasteiger partial charge is 0.359 e. The van der Waals surface area contributed by atoms with E-state index in [0.29, 0.717) is 0 Å². The van der Waals surface area contributed by atoms with Crippen molar-refractivity contribution >= 4 is 15.0 Å². The van der Waals surface area contributed by atoms with Crippen molar-refractivity contribution in [2.24, 2.45) is 0 Å². The van der Waals surface area contributed by atoms with Crippen LogP contribution in [0.15, 0.2) is 0 Å². The summed E-state index contributed by atoms with van der Waals surface area (Å²) in [5.74, 6) is -0.330. The molecule has 0 heterocycles. The third kappa shape index (κ3) is 7.37. The highest BCUT2D eigenvalue weighted by Crippen LogP contribution is 2.17. The predicted octanol–water partition coefficient (Wildman–Crippen LogP) is 1.36. The Labute approximate surface area is 64.3 Å². The van der Waals surface area contributed by atoms with E-state index in [9.17, 15) is 17.1 Å². The summed E-state index contributed by atoms with van der Waals surface area (Å²) in [6, 6.07) is -0.750. The molecule has 0 rings (SSSR count). The molecule has 6 heteroatoms. The van der Waals surface area contributed by atoms with Crippen LogP contribution < -0.4 is 5.32 Å². The van der Waals surface area contributed by atoms with Gasteiger partial charge in [-0.1, -0.05) is 0 Å². The zero-order valence-electron chi connectivity index (χ0n) is 6.16. The van der Waals surface area contributed by atoms with Gasteiger partial charge in [0, 0.05) is 19.5 Å². The van der Waals surface area contributed by atoms with Gasteiger partial charge in [0.2, 0.25) is 5.91 Å². The number of amides is 1. The van der Waals surface area contributed by atoms with E-state index >= 15 is 0 Å². The van der Waals surface area contributed by atoms with Crippen molar-refractivity contribution in [1.82, 2.24) is 5.32 Å². The van der Waals surface area contributed by atoms with Crippen molar-refractivity contribution in [3.05, 3.63) is 0 Å². The first-order valence-electron chi connectivity index (χ1n) is 3.23. The summed E-state index contributed by atoms with van der Waals surface area (Å²) in [6.07, 6.45) is -0.0988. The maximum atomic E-state index is 11.6. The lowest BCUT2D eigenvalue weighted by Gasteiger charge is -2.00. The van der Waals surface area contributed by atoms with E-state index in [-0.39, 0.29) is 18.7 Å². The second-order valence-corrected chi connectivity index (χ2v) is 3.87. The Morgan fingerprint density at radius 2 is 2.00 bits per heavy atom. The molecule has 11 heavy (non-hydrogen) atoms. The maximum absolute atomic E-state index is 11.6. The molecule has 0 saturated heterocycles. The highest BCUT2D eigenvalue weighted by molar-refractivity contribution is 6.58. The number of nitrogens with one attached hydrogen (secondary N) is 1. The number of hydrogen-bond donors (Lipinski definition) is 1. The number of halogens is 3. The molecular formula is C5H10F3NOSi. The van der Waals surface area contributed by atoms with Crippen LogP contribution in [0.5, 0.6) is 0 Å². The van der Waals surface area contributed by atoms with Gasteiger partial charge in [0.05, 0.1) is 0 Å². The second-order valence-electron chi connectivity index (χ2n) is 2.14. The Balaban J connectivity index is 3.35. The zero-order chi connectivity index (χ0) is 8.91. The lowest BCUT2D eigenvalue weighted by atomic mass is 10.3. The fourth-order valence-corrected chi connectivity index (χ4v) is 1.15. The van der Waals surface area contributed by atoms with Gasteiger partial charge in [-0.15, -0.1) is 0 Å². The van der Waals surface area contributed by atoms with Crippen LogP contribution in [-0.4, -0.2) is 22.0 Å². The van der Waals surface area contributed by atoms with E-state index < -0.39 is 15.1 Å². The highest BCUT2D eigenvalue weighted by Gasteiger charge is 2.35. The molecule has 2 nitrogen and oxygen atoms in total. The van der Waals surface area contributed by atoms with Crippen LogP contribution in [0.1, 0.15) is 12.8 Å². The summed E-state index contributed by atoms with van der Waals surface area (Å²) in [5.41, 5.74) is 0. The topological polar surface area (TPSA) is 29.1 Å². The van der Waals surface area contributed by atoms with Crippen LogP contribution in [0.4, 0.5) is 12.3 Å². The van der Waals surface area contributed by atoms with Crippen LogP contribution in [0, 0.1) is 0 Å². The van der Waals surface area contributed by atoms with Crippen LogP contribution >= 0.6 is 0 Å².